The Balaban J connectivity index is 0.000000147. The number of rotatable bonds is 2. The number of hydrogen-bond acceptors (Lipinski definition) is 7. The molecular weight excluding hydrogens is 632 g/mol. The van der Waals surface area contributed by atoms with Gasteiger partial charge in [0, 0.05) is 37.0 Å². The summed E-state index contributed by atoms with van der Waals surface area (Å²) in [5, 5.41) is 19.5. The summed E-state index contributed by atoms with van der Waals surface area (Å²) < 4.78 is 8.86. The molecule has 2 fully saturated rings. The summed E-state index contributed by atoms with van der Waals surface area (Å²) in [5.41, 5.74) is 10.6. The number of carboxylic acids is 2. The van der Waals surface area contributed by atoms with Crippen molar-refractivity contribution in [1.82, 2.24) is 0 Å². The molecule has 1 aliphatic heterocycles. The normalized spacial score (nSPS) is 16.3. The molecular formula is C25H26Br2N2O5S2. The molecule has 1 atom stereocenters. The zero-order valence-electron chi connectivity index (χ0n) is 19.2. The van der Waals surface area contributed by atoms with E-state index in [9.17, 15) is 9.59 Å². The van der Waals surface area contributed by atoms with Crippen LogP contribution in [0.3, 0.4) is 0 Å². The number of fused-ring (bicyclic) bond motifs is 2. The summed E-state index contributed by atoms with van der Waals surface area (Å²) in [5.74, 6) is -1.73. The summed E-state index contributed by atoms with van der Waals surface area (Å²) in [6.45, 7) is 1.63. The standard InChI is InChI=1S/2C9H5BrO2S.C4H9NO.C3H7N/c2*10-6-2-1-5-3-8(9(11)12)13-7(5)4-6;5-4-1-2-6-3-4;4-3-1-2-3/h2*1-4H,(H,11,12);4H,1-3,5H2;3H,1-2,4H2. The van der Waals surface area contributed by atoms with Crippen molar-refractivity contribution in [2.75, 3.05) is 13.2 Å². The zero-order valence-corrected chi connectivity index (χ0v) is 24.0. The summed E-state index contributed by atoms with van der Waals surface area (Å²) in [4.78, 5) is 22.1. The molecule has 2 aromatic carbocycles. The summed E-state index contributed by atoms with van der Waals surface area (Å²) >= 11 is 9.26. The highest BCUT2D eigenvalue weighted by Crippen LogP contribution is 2.29. The van der Waals surface area contributed by atoms with Crippen LogP contribution in [0.4, 0.5) is 0 Å². The summed E-state index contributed by atoms with van der Waals surface area (Å²) in [7, 11) is 0. The fourth-order valence-electron chi connectivity index (χ4n) is 2.87. The first kappa shape index (κ1) is 28.7. The van der Waals surface area contributed by atoms with Gasteiger partial charge in [0.05, 0.1) is 6.61 Å². The van der Waals surface area contributed by atoms with Gasteiger partial charge in [-0.1, -0.05) is 44.0 Å². The molecule has 0 bridgehead atoms. The van der Waals surface area contributed by atoms with Crippen LogP contribution >= 0.6 is 54.5 Å². The predicted octanol–water partition coefficient (Wildman–Crippen LogP) is 6.57. The number of aromatic carboxylic acids is 2. The van der Waals surface area contributed by atoms with E-state index in [1.807, 2.05) is 36.4 Å². The Morgan fingerprint density at radius 1 is 0.778 bits per heavy atom. The van der Waals surface area contributed by atoms with E-state index < -0.39 is 11.9 Å². The van der Waals surface area contributed by atoms with Crippen LogP contribution in [0.25, 0.3) is 20.2 Å². The van der Waals surface area contributed by atoms with E-state index in [-0.39, 0.29) is 0 Å². The maximum atomic E-state index is 10.7. The molecule has 3 heterocycles. The number of thiophene rings is 2. The van der Waals surface area contributed by atoms with Gasteiger partial charge in [-0.3, -0.25) is 0 Å². The van der Waals surface area contributed by atoms with Gasteiger partial charge in [-0.25, -0.2) is 9.59 Å². The van der Waals surface area contributed by atoms with E-state index in [1.54, 1.807) is 12.1 Å². The summed E-state index contributed by atoms with van der Waals surface area (Å²) in [6.07, 6.45) is 3.57. The van der Waals surface area contributed by atoms with Crippen LogP contribution in [-0.2, 0) is 4.74 Å². The highest BCUT2D eigenvalue weighted by atomic mass is 79.9. The Kier molecular flexibility index (Phi) is 10.9. The number of carboxylic acid groups (broad SMARTS) is 2. The van der Waals surface area contributed by atoms with Gasteiger partial charge in [0.1, 0.15) is 9.75 Å². The molecule has 4 aromatic rings. The van der Waals surface area contributed by atoms with Crippen LogP contribution in [0.2, 0.25) is 0 Å². The Labute approximate surface area is 233 Å². The Hall–Kier alpha value is -1.86. The van der Waals surface area contributed by atoms with Gasteiger partial charge >= 0.3 is 11.9 Å². The van der Waals surface area contributed by atoms with E-state index in [1.165, 1.54) is 35.5 Å². The second-order valence-corrected chi connectivity index (χ2v) is 12.2. The number of carbonyl (C=O) groups is 2. The lowest BCUT2D eigenvalue weighted by atomic mass is 10.2. The number of ether oxygens (including phenoxy) is 1. The molecule has 1 aliphatic carbocycles. The Bertz CT molecular complexity index is 1240. The molecule has 1 saturated carbocycles. The van der Waals surface area contributed by atoms with Gasteiger partial charge in [-0.15, -0.1) is 22.7 Å². The maximum Gasteiger partial charge on any atom is 0.345 e. The molecule has 6 rings (SSSR count). The quantitative estimate of drug-likeness (QED) is 0.192. The van der Waals surface area contributed by atoms with E-state index in [4.69, 9.17) is 26.4 Å². The fourth-order valence-corrected chi connectivity index (χ4v) is 5.78. The molecule has 2 aromatic heterocycles. The molecule has 0 radical (unpaired) electrons. The van der Waals surface area contributed by atoms with Crippen molar-refractivity contribution in [3.63, 3.8) is 0 Å². The molecule has 0 spiro atoms. The largest absolute Gasteiger partial charge is 0.477 e. The molecule has 6 N–H and O–H groups in total. The lowest BCUT2D eigenvalue weighted by Gasteiger charge is -1.90. The molecule has 11 heteroatoms. The predicted molar refractivity (Wildman–Crippen MR) is 154 cm³/mol. The molecule has 7 nitrogen and oxygen atoms in total. The first-order valence-electron chi connectivity index (χ1n) is 11.1. The van der Waals surface area contributed by atoms with E-state index in [0.29, 0.717) is 21.8 Å². The smallest absolute Gasteiger partial charge is 0.345 e. The van der Waals surface area contributed by atoms with E-state index in [0.717, 1.165) is 48.8 Å². The van der Waals surface area contributed by atoms with Crippen LogP contribution in [-0.4, -0.2) is 47.4 Å². The first-order valence-corrected chi connectivity index (χ1v) is 14.3. The van der Waals surface area contributed by atoms with E-state index >= 15 is 0 Å². The molecule has 1 unspecified atom stereocenters. The average Bonchev–Trinajstić information content (AvgIpc) is 3.23. The number of benzene rings is 2. The second kappa shape index (κ2) is 13.6. The first-order chi connectivity index (χ1) is 17.1. The topological polar surface area (TPSA) is 136 Å². The number of nitrogens with two attached hydrogens (primary N) is 2. The molecule has 0 amide bonds. The van der Waals surface area contributed by atoms with Crippen molar-refractivity contribution >= 4 is 86.6 Å². The fraction of sp³-hybridized carbons (Fsp3) is 0.280. The molecule has 2 aliphatic rings. The third-order valence-electron chi connectivity index (χ3n) is 4.97. The monoisotopic (exact) mass is 656 g/mol. The second-order valence-electron chi connectivity index (χ2n) is 8.16. The van der Waals surface area contributed by atoms with Crippen molar-refractivity contribution in [2.24, 2.45) is 11.5 Å². The van der Waals surface area contributed by atoms with Crippen LogP contribution in [0, 0.1) is 0 Å². The minimum absolute atomic E-state index is 0.324. The number of hydrogen-bond donors (Lipinski definition) is 4. The minimum Gasteiger partial charge on any atom is -0.477 e. The van der Waals surface area contributed by atoms with Gasteiger partial charge in [-0.2, -0.15) is 0 Å². The zero-order chi connectivity index (χ0) is 26.2. The van der Waals surface area contributed by atoms with E-state index in [2.05, 4.69) is 31.9 Å². The van der Waals surface area contributed by atoms with Gasteiger partial charge in [-0.05, 0) is 66.4 Å². The van der Waals surface area contributed by atoms with Gasteiger partial charge in [0.15, 0.2) is 0 Å². The highest BCUT2D eigenvalue weighted by molar-refractivity contribution is 9.10. The third-order valence-corrected chi connectivity index (χ3v) is 8.13. The van der Waals surface area contributed by atoms with Crippen molar-refractivity contribution in [1.29, 1.82) is 0 Å². The molecule has 192 valence electrons. The van der Waals surface area contributed by atoms with Crippen LogP contribution in [0.15, 0.2) is 57.5 Å². The lowest BCUT2D eigenvalue weighted by Crippen LogP contribution is -2.18. The maximum absolute atomic E-state index is 10.7. The van der Waals surface area contributed by atoms with Crippen molar-refractivity contribution in [3.05, 3.63) is 67.2 Å². The van der Waals surface area contributed by atoms with Gasteiger partial charge in [0.25, 0.3) is 0 Å². The summed E-state index contributed by atoms with van der Waals surface area (Å²) in [6, 6.07) is 15.7. The Morgan fingerprint density at radius 2 is 1.22 bits per heavy atom. The van der Waals surface area contributed by atoms with Crippen molar-refractivity contribution in [3.8, 4) is 0 Å². The van der Waals surface area contributed by atoms with Crippen molar-refractivity contribution < 1.29 is 24.5 Å². The lowest BCUT2D eigenvalue weighted by molar-refractivity contribution is 0.0691. The van der Waals surface area contributed by atoms with Gasteiger partial charge < -0.3 is 26.4 Å². The average molecular weight is 658 g/mol. The molecule has 36 heavy (non-hydrogen) atoms. The highest BCUT2D eigenvalue weighted by Gasteiger charge is 2.13. The SMILES string of the molecule is NC1CC1.NC1CCOC1.O=C(O)c1cc2ccc(Br)cc2s1.O=C(O)c1cc2ccc(Br)cc2s1. The Morgan fingerprint density at radius 3 is 1.50 bits per heavy atom. The minimum atomic E-state index is -0.864. The van der Waals surface area contributed by atoms with Crippen molar-refractivity contribution in [2.45, 2.75) is 31.3 Å². The number of halogens is 2. The van der Waals surface area contributed by atoms with Crippen LogP contribution in [0.5, 0.6) is 0 Å². The molecule has 1 saturated heterocycles. The van der Waals surface area contributed by atoms with Crippen LogP contribution in [0.1, 0.15) is 38.6 Å². The third kappa shape index (κ3) is 9.22. The van der Waals surface area contributed by atoms with Crippen LogP contribution < -0.4 is 11.5 Å². The van der Waals surface area contributed by atoms with Gasteiger partial charge in [0.2, 0.25) is 0 Å².